The van der Waals surface area contributed by atoms with Crippen molar-refractivity contribution in [1.82, 2.24) is 0 Å². The zero-order valence-electron chi connectivity index (χ0n) is 7.20. The summed E-state index contributed by atoms with van der Waals surface area (Å²) in [6.45, 7) is 2.10. The Balaban J connectivity index is 2.55. The summed E-state index contributed by atoms with van der Waals surface area (Å²) in [5, 5.41) is 17.1. The summed E-state index contributed by atoms with van der Waals surface area (Å²) >= 11 is 0. The van der Waals surface area contributed by atoms with E-state index in [1.54, 1.807) is 6.08 Å². The second-order valence-electron chi connectivity index (χ2n) is 3.03. The molecule has 0 bridgehead atoms. The lowest BCUT2D eigenvalue weighted by molar-refractivity contribution is 0.424. The fourth-order valence-corrected chi connectivity index (χ4v) is 1.11. The van der Waals surface area contributed by atoms with Crippen LogP contribution in [0.4, 0.5) is 0 Å². The van der Waals surface area contributed by atoms with Gasteiger partial charge in [-0.05, 0) is 25.3 Å². The minimum Gasteiger partial charge on any atom is -0.424 e. The van der Waals surface area contributed by atoms with E-state index in [1.165, 1.54) is 11.5 Å². The van der Waals surface area contributed by atoms with Gasteiger partial charge in [0, 0.05) is 0 Å². The van der Waals surface area contributed by atoms with E-state index in [2.05, 4.69) is 13.0 Å². The Morgan fingerprint density at radius 3 is 2.58 bits per heavy atom. The second kappa shape index (κ2) is 4.29. The van der Waals surface area contributed by atoms with Crippen LogP contribution in [0.5, 0.6) is 0 Å². The minimum absolute atomic E-state index is 0.992. The van der Waals surface area contributed by atoms with Crippen molar-refractivity contribution in [2.75, 3.05) is 0 Å². The third-order valence-electron chi connectivity index (χ3n) is 1.87. The molecule has 12 heavy (non-hydrogen) atoms. The Bertz CT molecular complexity index is 239. The number of allylic oxidation sites excluding steroid dienone is 5. The molecule has 0 radical (unpaired) electrons. The molecule has 0 aromatic heterocycles. The summed E-state index contributed by atoms with van der Waals surface area (Å²) in [6.07, 6.45) is 7.89. The van der Waals surface area contributed by atoms with Crippen LogP contribution in [0, 0.1) is 0 Å². The van der Waals surface area contributed by atoms with E-state index in [1.807, 2.05) is 6.08 Å². The van der Waals surface area contributed by atoms with Gasteiger partial charge in [-0.3, -0.25) is 0 Å². The molecule has 0 unspecified atom stereocenters. The molecule has 2 nitrogen and oxygen atoms in total. The lowest BCUT2D eigenvalue weighted by atomic mass is 9.89. The first-order valence-electron chi connectivity index (χ1n) is 4.09. The summed E-state index contributed by atoms with van der Waals surface area (Å²) < 4.78 is 0. The van der Waals surface area contributed by atoms with Gasteiger partial charge in [-0.1, -0.05) is 29.8 Å². The molecular formula is C9H13BO2. The second-order valence-corrected chi connectivity index (χ2v) is 3.03. The molecule has 0 heterocycles. The van der Waals surface area contributed by atoms with E-state index in [9.17, 15) is 0 Å². The van der Waals surface area contributed by atoms with E-state index < -0.39 is 7.12 Å². The first kappa shape index (κ1) is 9.29. The molecule has 0 aliphatic heterocycles. The predicted molar refractivity (Wildman–Crippen MR) is 50.4 cm³/mol. The number of hydrogen-bond donors (Lipinski definition) is 2. The van der Waals surface area contributed by atoms with Gasteiger partial charge in [0.15, 0.2) is 0 Å². The lowest BCUT2D eigenvalue weighted by Crippen LogP contribution is -2.05. The molecule has 0 amide bonds. The van der Waals surface area contributed by atoms with Crippen molar-refractivity contribution in [3.05, 3.63) is 35.3 Å². The molecule has 1 aliphatic carbocycles. The van der Waals surface area contributed by atoms with Crippen LogP contribution in [0.3, 0.4) is 0 Å². The van der Waals surface area contributed by atoms with Gasteiger partial charge in [-0.25, -0.2) is 0 Å². The lowest BCUT2D eigenvalue weighted by Gasteiger charge is -2.07. The Morgan fingerprint density at radius 1 is 1.33 bits per heavy atom. The third-order valence-corrected chi connectivity index (χ3v) is 1.87. The van der Waals surface area contributed by atoms with Gasteiger partial charge < -0.3 is 10.0 Å². The van der Waals surface area contributed by atoms with Crippen molar-refractivity contribution < 1.29 is 10.0 Å². The molecule has 0 aromatic rings. The fraction of sp³-hybridized carbons (Fsp3) is 0.333. The molecule has 0 atom stereocenters. The maximum Gasteiger partial charge on any atom is 0.480 e. The molecule has 0 saturated heterocycles. The highest BCUT2D eigenvalue weighted by Crippen LogP contribution is 2.18. The summed E-state index contributed by atoms with van der Waals surface area (Å²) in [5.74, 6) is 1.38. The highest BCUT2D eigenvalue weighted by atomic mass is 16.4. The van der Waals surface area contributed by atoms with Crippen LogP contribution in [0.2, 0.25) is 0 Å². The van der Waals surface area contributed by atoms with Gasteiger partial charge in [-0.2, -0.15) is 0 Å². The van der Waals surface area contributed by atoms with E-state index in [0.29, 0.717) is 0 Å². The summed E-state index contributed by atoms with van der Waals surface area (Å²) in [7, 11) is -1.34. The van der Waals surface area contributed by atoms with Crippen LogP contribution in [0.1, 0.15) is 19.8 Å². The van der Waals surface area contributed by atoms with E-state index >= 15 is 0 Å². The molecule has 2 N–H and O–H groups in total. The molecule has 64 valence electrons. The van der Waals surface area contributed by atoms with Crippen LogP contribution in [0.25, 0.3) is 0 Å². The van der Waals surface area contributed by atoms with Crippen molar-refractivity contribution in [1.29, 1.82) is 0 Å². The minimum atomic E-state index is -1.34. The topological polar surface area (TPSA) is 40.5 Å². The van der Waals surface area contributed by atoms with Crippen molar-refractivity contribution in [2.45, 2.75) is 19.8 Å². The third kappa shape index (κ3) is 3.07. The monoisotopic (exact) mass is 164 g/mol. The van der Waals surface area contributed by atoms with E-state index in [0.717, 1.165) is 18.4 Å². The maximum atomic E-state index is 8.56. The first-order valence-corrected chi connectivity index (χ1v) is 4.09. The SMILES string of the molecule is CC1=CC=C(/C=C/B(O)O)CC1. The van der Waals surface area contributed by atoms with E-state index in [4.69, 9.17) is 10.0 Å². The molecular weight excluding hydrogens is 151 g/mol. The molecule has 0 saturated carbocycles. The molecule has 1 rings (SSSR count). The maximum absolute atomic E-state index is 8.56. The average molecular weight is 164 g/mol. The quantitative estimate of drug-likeness (QED) is 0.602. The Kier molecular flexibility index (Phi) is 3.32. The van der Waals surface area contributed by atoms with Crippen molar-refractivity contribution >= 4 is 7.12 Å². The Hall–Kier alpha value is -0.795. The Labute approximate surface area is 73.1 Å². The van der Waals surface area contributed by atoms with Gasteiger partial charge in [0.05, 0.1) is 0 Å². The van der Waals surface area contributed by atoms with Crippen LogP contribution in [-0.2, 0) is 0 Å². The smallest absolute Gasteiger partial charge is 0.424 e. The van der Waals surface area contributed by atoms with Crippen molar-refractivity contribution in [3.63, 3.8) is 0 Å². The van der Waals surface area contributed by atoms with Gasteiger partial charge in [-0.15, -0.1) is 0 Å². The first-order chi connectivity index (χ1) is 5.68. The van der Waals surface area contributed by atoms with Gasteiger partial charge in [0.2, 0.25) is 0 Å². The number of hydrogen-bond acceptors (Lipinski definition) is 2. The summed E-state index contributed by atoms with van der Waals surface area (Å²) in [5.41, 5.74) is 2.52. The van der Waals surface area contributed by atoms with Crippen molar-refractivity contribution in [2.24, 2.45) is 0 Å². The zero-order chi connectivity index (χ0) is 8.97. The molecule has 0 fully saturated rings. The van der Waals surface area contributed by atoms with Crippen LogP contribution in [0.15, 0.2) is 35.3 Å². The highest BCUT2D eigenvalue weighted by Gasteiger charge is 2.02. The standard InChI is InChI=1S/C9H13BO2/c1-8-2-4-9(5-3-8)6-7-10(11)12/h2,4,6-7,11-12H,3,5H2,1H3/b7-6+. The van der Waals surface area contributed by atoms with Crippen LogP contribution >= 0.6 is 0 Å². The average Bonchev–Trinajstić information content (AvgIpc) is 2.03. The molecule has 1 aliphatic rings. The normalized spacial score (nSPS) is 17.6. The Morgan fingerprint density at radius 2 is 2.08 bits per heavy atom. The van der Waals surface area contributed by atoms with E-state index in [-0.39, 0.29) is 0 Å². The highest BCUT2D eigenvalue weighted by molar-refractivity contribution is 6.47. The van der Waals surface area contributed by atoms with Gasteiger partial charge in [0.25, 0.3) is 0 Å². The fourth-order valence-electron chi connectivity index (χ4n) is 1.11. The number of rotatable bonds is 2. The van der Waals surface area contributed by atoms with Gasteiger partial charge >= 0.3 is 7.12 Å². The van der Waals surface area contributed by atoms with Crippen LogP contribution < -0.4 is 0 Å². The zero-order valence-corrected chi connectivity index (χ0v) is 7.20. The molecule has 3 heteroatoms. The van der Waals surface area contributed by atoms with Gasteiger partial charge in [0.1, 0.15) is 0 Å². The largest absolute Gasteiger partial charge is 0.480 e. The molecule has 0 spiro atoms. The predicted octanol–water partition coefficient (Wildman–Crippen LogP) is 1.22. The summed E-state index contributed by atoms with van der Waals surface area (Å²) in [6, 6.07) is 0. The van der Waals surface area contributed by atoms with Crippen LogP contribution in [-0.4, -0.2) is 17.2 Å². The molecule has 0 aromatic carbocycles. The summed E-state index contributed by atoms with van der Waals surface area (Å²) in [4.78, 5) is 0. The van der Waals surface area contributed by atoms with Crippen molar-refractivity contribution in [3.8, 4) is 0 Å².